The lowest BCUT2D eigenvalue weighted by Crippen LogP contribution is -2.45. The van der Waals surface area contributed by atoms with Gasteiger partial charge in [-0.25, -0.2) is 9.69 Å². The van der Waals surface area contributed by atoms with E-state index in [1.807, 2.05) is 45.0 Å². The lowest BCUT2D eigenvalue weighted by molar-refractivity contribution is 0.0166. The van der Waals surface area contributed by atoms with Gasteiger partial charge in [-0.05, 0) is 75.9 Å². The number of amides is 3. The molecule has 3 amide bonds. The van der Waals surface area contributed by atoms with Gasteiger partial charge in [0.2, 0.25) is 0 Å². The second-order valence-electron chi connectivity index (χ2n) is 9.72. The molecule has 2 aliphatic rings. The van der Waals surface area contributed by atoms with E-state index < -0.39 is 5.60 Å². The number of nitrogens with one attached hydrogen (secondary N) is 1. The number of nitrogens with zero attached hydrogens (tertiary/aromatic N) is 2. The molecule has 0 aliphatic carbocycles. The fourth-order valence-electron chi connectivity index (χ4n) is 4.33. The Morgan fingerprint density at radius 2 is 1.67 bits per heavy atom. The Bertz CT molecular complexity index is 1010. The molecule has 2 heterocycles. The van der Waals surface area contributed by atoms with Crippen LogP contribution in [0, 0.1) is 5.92 Å². The maximum absolute atomic E-state index is 12.6. The molecule has 4 rings (SSSR count). The number of ether oxygens (including phenoxy) is 1. The summed E-state index contributed by atoms with van der Waals surface area (Å²) in [6.07, 6.45) is 1.81. The quantitative estimate of drug-likeness (QED) is 0.692. The Morgan fingerprint density at radius 1 is 1.03 bits per heavy atom. The molecule has 2 aromatic carbocycles. The van der Waals surface area contributed by atoms with Crippen LogP contribution >= 0.6 is 0 Å². The Morgan fingerprint density at radius 3 is 2.27 bits per heavy atom. The summed E-state index contributed by atoms with van der Waals surface area (Å²) in [5.74, 6) is -0.189. The van der Waals surface area contributed by atoms with Crippen molar-refractivity contribution in [1.29, 1.82) is 0 Å². The number of benzene rings is 2. The first-order valence-corrected chi connectivity index (χ1v) is 11.5. The van der Waals surface area contributed by atoms with Crippen molar-refractivity contribution in [3.63, 3.8) is 0 Å². The molecule has 0 saturated carbocycles. The van der Waals surface area contributed by atoms with E-state index in [1.165, 1.54) is 4.90 Å². The van der Waals surface area contributed by atoms with Gasteiger partial charge in [-0.3, -0.25) is 9.59 Å². The van der Waals surface area contributed by atoms with Crippen LogP contribution in [0.2, 0.25) is 0 Å². The number of imide groups is 1. The average Bonchev–Trinajstić information content (AvgIpc) is 3.04. The fourth-order valence-corrected chi connectivity index (χ4v) is 4.33. The van der Waals surface area contributed by atoms with E-state index in [-0.39, 0.29) is 17.9 Å². The first kappa shape index (κ1) is 23.0. The van der Waals surface area contributed by atoms with Crippen molar-refractivity contribution in [3.8, 4) is 0 Å². The lowest BCUT2D eigenvalue weighted by Gasteiger charge is -2.34. The van der Waals surface area contributed by atoms with E-state index in [2.05, 4.69) is 5.32 Å². The van der Waals surface area contributed by atoms with Crippen LogP contribution in [-0.2, 0) is 11.3 Å². The Labute approximate surface area is 194 Å². The van der Waals surface area contributed by atoms with E-state index in [4.69, 9.17) is 4.74 Å². The molecule has 1 N–H and O–H groups in total. The molecule has 0 spiro atoms. The van der Waals surface area contributed by atoms with Gasteiger partial charge in [-0.1, -0.05) is 24.3 Å². The number of fused-ring (bicyclic) bond motifs is 1. The van der Waals surface area contributed by atoms with Gasteiger partial charge in [0.15, 0.2) is 0 Å². The first-order valence-electron chi connectivity index (χ1n) is 11.5. The van der Waals surface area contributed by atoms with Crippen LogP contribution < -0.4 is 10.2 Å². The van der Waals surface area contributed by atoms with Crippen molar-refractivity contribution in [2.45, 2.75) is 45.8 Å². The standard InChI is InChI=1S/C26H31N3O4/c1-26(2,3)33-25(32)28-14-6-7-19(17-28)16-27-15-18-10-12-20(13-11-18)29-23(30)21-8-4-5-9-22(21)24(29)31/h4-5,8-13,19,27H,6-7,14-17H2,1-3H3. The summed E-state index contributed by atoms with van der Waals surface area (Å²) in [5, 5.41) is 3.47. The molecule has 1 atom stereocenters. The van der Waals surface area contributed by atoms with E-state index in [0.717, 1.165) is 31.5 Å². The number of anilines is 1. The predicted octanol–water partition coefficient (Wildman–Crippen LogP) is 4.22. The van der Waals surface area contributed by atoms with Gasteiger partial charge in [-0.15, -0.1) is 0 Å². The highest BCUT2D eigenvalue weighted by Gasteiger charge is 2.36. The van der Waals surface area contributed by atoms with Crippen molar-refractivity contribution < 1.29 is 19.1 Å². The molecule has 7 nitrogen and oxygen atoms in total. The third-order valence-corrected chi connectivity index (χ3v) is 5.92. The Kier molecular flexibility index (Phi) is 6.51. The zero-order valence-electron chi connectivity index (χ0n) is 19.5. The molecule has 0 radical (unpaired) electrons. The van der Waals surface area contributed by atoms with Crippen molar-refractivity contribution in [1.82, 2.24) is 10.2 Å². The van der Waals surface area contributed by atoms with Crippen LogP contribution in [0.1, 0.15) is 59.9 Å². The number of hydrogen-bond acceptors (Lipinski definition) is 5. The molecule has 0 aromatic heterocycles. The number of hydrogen-bond donors (Lipinski definition) is 1. The zero-order valence-corrected chi connectivity index (χ0v) is 19.5. The van der Waals surface area contributed by atoms with Gasteiger partial charge >= 0.3 is 6.09 Å². The summed E-state index contributed by atoms with van der Waals surface area (Å²) in [4.78, 5) is 40.7. The minimum atomic E-state index is -0.485. The molecule has 33 heavy (non-hydrogen) atoms. The van der Waals surface area contributed by atoms with Gasteiger partial charge in [-0.2, -0.15) is 0 Å². The number of piperidine rings is 1. The predicted molar refractivity (Wildman–Crippen MR) is 126 cm³/mol. The van der Waals surface area contributed by atoms with Crippen LogP contribution in [0.3, 0.4) is 0 Å². The molecule has 1 unspecified atom stereocenters. The van der Waals surface area contributed by atoms with Crippen molar-refractivity contribution in [2.75, 3.05) is 24.5 Å². The van der Waals surface area contributed by atoms with Gasteiger partial charge in [0.25, 0.3) is 11.8 Å². The van der Waals surface area contributed by atoms with Gasteiger partial charge < -0.3 is 15.0 Å². The molecular weight excluding hydrogens is 418 g/mol. The maximum Gasteiger partial charge on any atom is 0.410 e. The van der Waals surface area contributed by atoms with Crippen molar-refractivity contribution >= 4 is 23.6 Å². The van der Waals surface area contributed by atoms with Crippen LogP contribution in [0.25, 0.3) is 0 Å². The minimum absolute atomic E-state index is 0.240. The smallest absolute Gasteiger partial charge is 0.410 e. The Hall–Kier alpha value is -3.19. The van der Waals surface area contributed by atoms with Crippen molar-refractivity contribution in [2.24, 2.45) is 5.92 Å². The summed E-state index contributed by atoms with van der Waals surface area (Å²) in [6, 6.07) is 14.4. The maximum atomic E-state index is 12.6. The second-order valence-corrected chi connectivity index (χ2v) is 9.72. The summed E-state index contributed by atoms with van der Waals surface area (Å²) < 4.78 is 5.50. The summed E-state index contributed by atoms with van der Waals surface area (Å²) in [7, 11) is 0. The van der Waals surface area contributed by atoms with Gasteiger partial charge in [0.1, 0.15) is 5.60 Å². The molecule has 174 valence electrons. The molecule has 1 fully saturated rings. The van der Waals surface area contributed by atoms with Gasteiger partial charge in [0, 0.05) is 19.6 Å². The van der Waals surface area contributed by atoms with E-state index in [1.54, 1.807) is 29.2 Å². The topological polar surface area (TPSA) is 79.0 Å². The minimum Gasteiger partial charge on any atom is -0.444 e. The molecular formula is C26H31N3O4. The SMILES string of the molecule is CC(C)(C)OC(=O)N1CCCC(CNCc2ccc(N3C(=O)c4ccccc4C3=O)cc2)C1. The highest BCUT2D eigenvalue weighted by atomic mass is 16.6. The number of carbonyl (C=O) groups excluding carboxylic acids is 3. The van der Waals surface area contributed by atoms with Crippen LogP contribution in [0.4, 0.5) is 10.5 Å². The monoisotopic (exact) mass is 449 g/mol. The fraction of sp³-hybridized carbons (Fsp3) is 0.423. The van der Waals surface area contributed by atoms with Crippen LogP contribution in [-0.4, -0.2) is 48.0 Å². The summed E-state index contributed by atoms with van der Waals surface area (Å²) in [5.41, 5.74) is 2.05. The molecule has 0 bridgehead atoms. The van der Waals surface area contributed by atoms with Crippen molar-refractivity contribution in [3.05, 3.63) is 65.2 Å². The summed E-state index contributed by atoms with van der Waals surface area (Å²) >= 11 is 0. The second kappa shape index (κ2) is 9.35. The lowest BCUT2D eigenvalue weighted by atomic mass is 9.98. The number of carbonyl (C=O) groups is 3. The van der Waals surface area contributed by atoms with Crippen LogP contribution in [0.5, 0.6) is 0 Å². The third-order valence-electron chi connectivity index (χ3n) is 5.92. The summed E-state index contributed by atoms with van der Waals surface area (Å²) in [6.45, 7) is 8.56. The number of likely N-dealkylation sites (tertiary alicyclic amines) is 1. The van der Waals surface area contributed by atoms with Gasteiger partial charge in [0.05, 0.1) is 16.8 Å². The Balaban J connectivity index is 1.29. The molecule has 1 saturated heterocycles. The molecule has 2 aromatic rings. The van der Waals surface area contributed by atoms with E-state index in [9.17, 15) is 14.4 Å². The average molecular weight is 450 g/mol. The van der Waals surface area contributed by atoms with E-state index in [0.29, 0.717) is 35.8 Å². The van der Waals surface area contributed by atoms with E-state index >= 15 is 0 Å². The molecule has 2 aliphatic heterocycles. The number of rotatable bonds is 5. The third kappa shape index (κ3) is 5.25. The van der Waals surface area contributed by atoms with Crippen LogP contribution in [0.15, 0.2) is 48.5 Å². The first-order chi connectivity index (χ1) is 15.7. The highest BCUT2D eigenvalue weighted by molar-refractivity contribution is 6.34. The highest BCUT2D eigenvalue weighted by Crippen LogP contribution is 2.28. The zero-order chi connectivity index (χ0) is 23.6. The normalized spacial score (nSPS) is 18.5. The largest absolute Gasteiger partial charge is 0.444 e. The molecule has 7 heteroatoms.